The van der Waals surface area contributed by atoms with Crippen LogP contribution in [0.5, 0.6) is 0 Å². The largest absolute Gasteiger partial charge is 0.591 e. The minimum Gasteiger partial charge on any atom is -0.591 e. The molecule has 0 spiro atoms. The van der Waals surface area contributed by atoms with Gasteiger partial charge in [0, 0.05) is 11.6 Å². The van der Waals surface area contributed by atoms with Crippen molar-refractivity contribution < 1.29 is 4.55 Å². The van der Waals surface area contributed by atoms with Crippen molar-refractivity contribution in [3.05, 3.63) is 11.6 Å². The molecular formula is C3H4N2OS2. The quantitative estimate of drug-likeness (QED) is 0.575. The van der Waals surface area contributed by atoms with Gasteiger partial charge in [-0.05, 0) is 0 Å². The third-order valence-electron chi connectivity index (χ3n) is 0.582. The normalized spacial score (nSPS) is 13.8. The summed E-state index contributed by atoms with van der Waals surface area (Å²) in [7, 11) is 0. The Bertz CT molecular complexity index is 150. The van der Waals surface area contributed by atoms with Gasteiger partial charge in [0.25, 0.3) is 0 Å². The average molecular weight is 148 g/mol. The van der Waals surface area contributed by atoms with Gasteiger partial charge in [-0.2, -0.15) is 4.98 Å². The molecule has 0 fully saturated rings. The van der Waals surface area contributed by atoms with Gasteiger partial charge in [0.1, 0.15) is 11.4 Å². The highest BCUT2D eigenvalue weighted by Gasteiger charge is 2.05. The maximum Gasteiger partial charge on any atom is 0.322 e. The van der Waals surface area contributed by atoms with Crippen LogP contribution in [0, 0.1) is 0 Å². The van der Waals surface area contributed by atoms with E-state index in [-0.39, 0.29) is 0 Å². The summed E-state index contributed by atoms with van der Waals surface area (Å²) in [5.74, 6) is 0. The van der Waals surface area contributed by atoms with Crippen LogP contribution in [0.4, 0.5) is 0 Å². The second-order valence-electron chi connectivity index (χ2n) is 1.10. The van der Waals surface area contributed by atoms with Crippen LogP contribution in [0.15, 0.2) is 15.9 Å². The van der Waals surface area contributed by atoms with Crippen LogP contribution >= 0.6 is 11.3 Å². The summed E-state index contributed by atoms with van der Waals surface area (Å²) in [5.41, 5.74) is 0. The van der Waals surface area contributed by atoms with E-state index in [9.17, 15) is 4.55 Å². The van der Waals surface area contributed by atoms with Gasteiger partial charge in [-0.1, -0.05) is 11.3 Å². The van der Waals surface area contributed by atoms with E-state index < -0.39 is 11.4 Å². The number of thiazole rings is 1. The van der Waals surface area contributed by atoms with Gasteiger partial charge in [-0.3, -0.25) is 0 Å². The fraction of sp³-hybridized carbons (Fsp3) is 0. The van der Waals surface area contributed by atoms with E-state index in [2.05, 4.69) is 4.98 Å². The molecule has 0 aliphatic rings. The van der Waals surface area contributed by atoms with Gasteiger partial charge in [0.2, 0.25) is 0 Å². The highest BCUT2D eigenvalue weighted by atomic mass is 32.2. The first-order valence-electron chi connectivity index (χ1n) is 1.86. The molecule has 1 unspecified atom stereocenters. The second-order valence-corrected chi connectivity index (χ2v) is 3.23. The van der Waals surface area contributed by atoms with Gasteiger partial charge < -0.3 is 4.55 Å². The Morgan fingerprint density at radius 3 is 2.88 bits per heavy atom. The molecule has 0 saturated heterocycles. The van der Waals surface area contributed by atoms with Crippen LogP contribution in [0.3, 0.4) is 0 Å². The molecule has 0 aliphatic carbocycles. The van der Waals surface area contributed by atoms with Crippen LogP contribution in [-0.2, 0) is 11.4 Å². The third-order valence-corrected chi connectivity index (χ3v) is 2.38. The first kappa shape index (κ1) is 6.03. The molecule has 3 nitrogen and oxygen atoms in total. The highest BCUT2D eigenvalue weighted by molar-refractivity contribution is 7.91. The number of rotatable bonds is 1. The van der Waals surface area contributed by atoms with Crippen molar-refractivity contribution in [2.45, 2.75) is 4.34 Å². The SMILES string of the molecule is N[S+]([O-])c1nccs1. The van der Waals surface area contributed by atoms with Crippen LogP contribution in [-0.4, -0.2) is 9.54 Å². The Balaban J connectivity index is 2.77. The van der Waals surface area contributed by atoms with Crippen molar-refractivity contribution in [2.24, 2.45) is 5.14 Å². The fourth-order valence-corrected chi connectivity index (χ4v) is 1.38. The number of nitrogens with zero attached hydrogens (tertiary/aromatic N) is 1. The van der Waals surface area contributed by atoms with E-state index in [0.29, 0.717) is 4.34 Å². The van der Waals surface area contributed by atoms with Gasteiger partial charge >= 0.3 is 4.34 Å². The van der Waals surface area contributed by atoms with Gasteiger partial charge in [0.15, 0.2) is 0 Å². The lowest BCUT2D eigenvalue weighted by Crippen LogP contribution is -2.11. The third kappa shape index (κ3) is 1.19. The van der Waals surface area contributed by atoms with Gasteiger partial charge in [-0.15, -0.1) is 5.14 Å². The summed E-state index contributed by atoms with van der Waals surface area (Å²) in [4.78, 5) is 3.71. The van der Waals surface area contributed by atoms with Crippen molar-refractivity contribution in [1.29, 1.82) is 0 Å². The minimum atomic E-state index is -1.39. The molecule has 1 heterocycles. The Morgan fingerprint density at radius 2 is 2.62 bits per heavy atom. The van der Waals surface area contributed by atoms with Crippen molar-refractivity contribution >= 4 is 22.7 Å². The summed E-state index contributed by atoms with van der Waals surface area (Å²) in [6.07, 6.45) is 1.57. The molecule has 0 saturated carbocycles. The number of aromatic nitrogens is 1. The Morgan fingerprint density at radius 1 is 1.88 bits per heavy atom. The summed E-state index contributed by atoms with van der Waals surface area (Å²) in [5, 5.41) is 6.71. The van der Waals surface area contributed by atoms with Crippen molar-refractivity contribution in [3.63, 3.8) is 0 Å². The molecular weight excluding hydrogens is 144 g/mol. The molecule has 1 aromatic rings. The van der Waals surface area contributed by atoms with Gasteiger partial charge in [0.05, 0.1) is 0 Å². The van der Waals surface area contributed by atoms with Gasteiger partial charge in [-0.25, -0.2) is 0 Å². The van der Waals surface area contributed by atoms with Crippen molar-refractivity contribution in [3.8, 4) is 0 Å². The lowest BCUT2D eigenvalue weighted by molar-refractivity contribution is 0.596. The lowest BCUT2D eigenvalue weighted by atomic mass is 11.0. The van der Waals surface area contributed by atoms with E-state index in [1.165, 1.54) is 11.3 Å². The fourth-order valence-electron chi connectivity index (χ4n) is 0.310. The zero-order valence-electron chi connectivity index (χ0n) is 3.90. The van der Waals surface area contributed by atoms with Crippen LogP contribution < -0.4 is 5.14 Å². The molecule has 44 valence electrons. The smallest absolute Gasteiger partial charge is 0.322 e. The maximum absolute atomic E-state index is 10.3. The molecule has 0 amide bonds. The first-order chi connectivity index (χ1) is 3.80. The Hall–Kier alpha value is -0.100. The van der Waals surface area contributed by atoms with Crippen LogP contribution in [0.1, 0.15) is 0 Å². The van der Waals surface area contributed by atoms with E-state index in [1.54, 1.807) is 11.6 Å². The molecule has 0 aliphatic heterocycles. The molecule has 0 bridgehead atoms. The van der Waals surface area contributed by atoms with E-state index in [1.807, 2.05) is 0 Å². The molecule has 1 aromatic heterocycles. The molecule has 5 heteroatoms. The summed E-state index contributed by atoms with van der Waals surface area (Å²) >= 11 is -0.0957. The summed E-state index contributed by atoms with van der Waals surface area (Å²) < 4.78 is 10.8. The number of nitrogens with two attached hydrogens (primary N) is 1. The van der Waals surface area contributed by atoms with Crippen molar-refractivity contribution in [1.82, 2.24) is 4.98 Å². The van der Waals surface area contributed by atoms with E-state index in [4.69, 9.17) is 5.14 Å². The van der Waals surface area contributed by atoms with E-state index in [0.717, 1.165) is 0 Å². The van der Waals surface area contributed by atoms with Crippen LogP contribution in [0.25, 0.3) is 0 Å². The highest BCUT2D eigenvalue weighted by Crippen LogP contribution is 2.07. The average Bonchev–Trinajstić information content (AvgIpc) is 2.12. The summed E-state index contributed by atoms with van der Waals surface area (Å²) in [6, 6.07) is 0. The van der Waals surface area contributed by atoms with E-state index >= 15 is 0 Å². The number of hydrogen-bond donors (Lipinski definition) is 1. The minimum absolute atomic E-state index is 0.477. The molecule has 1 atom stereocenters. The maximum atomic E-state index is 10.3. The molecule has 0 radical (unpaired) electrons. The number of hydrogen-bond acceptors (Lipinski definition) is 4. The second kappa shape index (κ2) is 2.45. The monoisotopic (exact) mass is 148 g/mol. The predicted octanol–water partition coefficient (Wildman–Crippen LogP) is 0.124. The zero-order valence-corrected chi connectivity index (χ0v) is 5.54. The molecule has 1 rings (SSSR count). The topological polar surface area (TPSA) is 62.0 Å². The predicted molar refractivity (Wildman–Crippen MR) is 32.7 cm³/mol. The Labute approximate surface area is 53.9 Å². The first-order valence-corrected chi connectivity index (χ1v) is 3.95. The van der Waals surface area contributed by atoms with Crippen LogP contribution in [0.2, 0.25) is 0 Å². The lowest BCUT2D eigenvalue weighted by Gasteiger charge is -1.92. The molecule has 8 heavy (non-hydrogen) atoms. The summed E-state index contributed by atoms with van der Waals surface area (Å²) in [6.45, 7) is 0. The molecule has 0 aromatic carbocycles. The standard InChI is InChI=1S/C3H4N2OS2/c4-8(6)3-5-1-2-7-3/h1-2H,4H2. The molecule has 2 N–H and O–H groups in total. The Kier molecular flexibility index (Phi) is 1.85. The van der Waals surface area contributed by atoms with Crippen molar-refractivity contribution in [2.75, 3.05) is 0 Å². The zero-order chi connectivity index (χ0) is 5.98.